The number of nitrogens with one attached hydrogen (secondary N) is 1. The molecule has 102 valence electrons. The van der Waals surface area contributed by atoms with Crippen LogP contribution in [0.2, 0.25) is 5.02 Å². The Morgan fingerprint density at radius 2 is 2.11 bits per heavy atom. The zero-order valence-electron chi connectivity index (χ0n) is 10.7. The van der Waals surface area contributed by atoms with E-state index in [-0.39, 0.29) is 11.8 Å². The lowest BCUT2D eigenvalue weighted by Crippen LogP contribution is -2.32. The Morgan fingerprint density at radius 3 is 2.67 bits per heavy atom. The van der Waals surface area contributed by atoms with Crippen molar-refractivity contribution in [2.75, 3.05) is 19.1 Å². The lowest BCUT2D eigenvalue weighted by Gasteiger charge is -2.15. The van der Waals surface area contributed by atoms with Crippen molar-refractivity contribution in [1.29, 1.82) is 0 Å². The molecule has 1 atom stereocenters. The van der Waals surface area contributed by atoms with Gasteiger partial charge in [-0.2, -0.15) is 0 Å². The van der Waals surface area contributed by atoms with E-state index in [1.807, 2.05) is 19.1 Å². The van der Waals surface area contributed by atoms with Gasteiger partial charge < -0.3 is 10.1 Å². The first-order valence-electron chi connectivity index (χ1n) is 5.56. The summed E-state index contributed by atoms with van der Waals surface area (Å²) in [6.45, 7) is 2.30. The molecule has 0 spiro atoms. The Balaban J connectivity index is 2.69. The second-order valence-electron chi connectivity index (χ2n) is 4.30. The van der Waals surface area contributed by atoms with Gasteiger partial charge in [-0.15, -0.1) is 0 Å². The first-order valence-corrected chi connectivity index (χ1v) is 8.00. The molecular formula is C12H18ClNO3S. The van der Waals surface area contributed by atoms with Crippen LogP contribution in [0, 0.1) is 0 Å². The minimum Gasteiger partial charge on any atom is -0.496 e. The van der Waals surface area contributed by atoms with Crippen LogP contribution in [0.25, 0.3) is 0 Å². The number of sulfone groups is 1. The fraction of sp³-hybridized carbons (Fsp3) is 0.500. The van der Waals surface area contributed by atoms with Crippen LogP contribution in [0.3, 0.4) is 0 Å². The van der Waals surface area contributed by atoms with Gasteiger partial charge in [0.2, 0.25) is 0 Å². The van der Waals surface area contributed by atoms with Gasteiger partial charge in [0.05, 0.1) is 12.9 Å². The van der Waals surface area contributed by atoms with E-state index in [0.29, 0.717) is 17.3 Å². The van der Waals surface area contributed by atoms with Crippen LogP contribution in [0.5, 0.6) is 5.75 Å². The smallest absolute Gasteiger partial charge is 0.148 e. The van der Waals surface area contributed by atoms with Crippen LogP contribution < -0.4 is 10.1 Å². The summed E-state index contributed by atoms with van der Waals surface area (Å²) in [6.07, 6.45) is 1.22. The van der Waals surface area contributed by atoms with Crippen LogP contribution in [0.1, 0.15) is 12.5 Å². The van der Waals surface area contributed by atoms with Crippen LogP contribution >= 0.6 is 11.6 Å². The summed E-state index contributed by atoms with van der Waals surface area (Å²) in [5, 5.41) is 3.73. The number of ether oxygens (including phenoxy) is 1. The topological polar surface area (TPSA) is 55.4 Å². The van der Waals surface area contributed by atoms with Gasteiger partial charge in [-0.1, -0.05) is 17.7 Å². The van der Waals surface area contributed by atoms with Crippen molar-refractivity contribution in [3.05, 3.63) is 28.8 Å². The van der Waals surface area contributed by atoms with E-state index in [1.165, 1.54) is 6.26 Å². The molecule has 1 rings (SSSR count). The molecule has 0 aromatic heterocycles. The van der Waals surface area contributed by atoms with Crippen molar-refractivity contribution in [2.45, 2.75) is 19.5 Å². The molecular weight excluding hydrogens is 274 g/mol. The Bertz CT molecular complexity index is 502. The van der Waals surface area contributed by atoms with Crippen molar-refractivity contribution >= 4 is 21.4 Å². The highest BCUT2D eigenvalue weighted by Gasteiger charge is 2.12. The van der Waals surface area contributed by atoms with Gasteiger partial charge in [0, 0.05) is 29.4 Å². The first-order chi connectivity index (χ1) is 8.33. The Morgan fingerprint density at radius 1 is 1.44 bits per heavy atom. The summed E-state index contributed by atoms with van der Waals surface area (Å²) in [5.74, 6) is 0.793. The fourth-order valence-electron chi connectivity index (χ4n) is 1.69. The zero-order valence-corrected chi connectivity index (χ0v) is 12.3. The maximum absolute atomic E-state index is 11.2. The molecule has 0 heterocycles. The summed E-state index contributed by atoms with van der Waals surface area (Å²) < 4.78 is 27.5. The highest BCUT2D eigenvalue weighted by Crippen LogP contribution is 2.25. The minimum atomic E-state index is -2.98. The predicted octanol–water partition coefficient (Wildman–Crippen LogP) is 1.87. The standard InChI is InChI=1S/C12H18ClNO3S/c1-9(8-18(3,15)16)14-7-10-11(13)5-4-6-12(10)17-2/h4-6,9,14H,7-8H2,1-3H3. The monoisotopic (exact) mass is 291 g/mol. The van der Waals surface area contributed by atoms with Gasteiger partial charge >= 0.3 is 0 Å². The van der Waals surface area contributed by atoms with Crippen molar-refractivity contribution in [3.8, 4) is 5.75 Å². The SMILES string of the molecule is COc1cccc(Cl)c1CNC(C)CS(C)(=O)=O. The number of rotatable bonds is 6. The maximum atomic E-state index is 11.2. The molecule has 0 saturated heterocycles. The van der Waals surface area contributed by atoms with Gasteiger partial charge in [-0.3, -0.25) is 0 Å². The summed E-state index contributed by atoms with van der Waals surface area (Å²) >= 11 is 6.09. The Labute approximate surface area is 113 Å². The normalized spacial score (nSPS) is 13.3. The van der Waals surface area contributed by atoms with E-state index in [0.717, 1.165) is 5.56 Å². The first kappa shape index (κ1) is 15.3. The minimum absolute atomic E-state index is 0.0970. The van der Waals surface area contributed by atoms with Crippen LogP contribution in [-0.4, -0.2) is 33.6 Å². The number of hydrogen-bond acceptors (Lipinski definition) is 4. The number of hydrogen-bond donors (Lipinski definition) is 1. The van der Waals surface area contributed by atoms with Crippen LogP contribution in [-0.2, 0) is 16.4 Å². The van der Waals surface area contributed by atoms with Crippen molar-refractivity contribution in [3.63, 3.8) is 0 Å². The lowest BCUT2D eigenvalue weighted by molar-refractivity contribution is 0.406. The summed E-state index contributed by atoms with van der Waals surface area (Å²) in [6, 6.07) is 5.28. The highest BCUT2D eigenvalue weighted by molar-refractivity contribution is 7.90. The van der Waals surface area contributed by atoms with Crippen LogP contribution in [0.4, 0.5) is 0 Å². The second kappa shape index (κ2) is 6.41. The molecule has 0 aliphatic heterocycles. The van der Waals surface area contributed by atoms with E-state index in [2.05, 4.69) is 5.32 Å². The second-order valence-corrected chi connectivity index (χ2v) is 6.89. The fourth-order valence-corrected chi connectivity index (χ4v) is 2.95. The van der Waals surface area contributed by atoms with Gasteiger partial charge in [0.15, 0.2) is 0 Å². The van der Waals surface area contributed by atoms with Crippen molar-refractivity contribution in [2.24, 2.45) is 0 Å². The van der Waals surface area contributed by atoms with E-state index in [9.17, 15) is 8.42 Å². The van der Waals surface area contributed by atoms with Crippen LogP contribution in [0.15, 0.2) is 18.2 Å². The highest BCUT2D eigenvalue weighted by atomic mass is 35.5. The van der Waals surface area contributed by atoms with E-state index in [4.69, 9.17) is 16.3 Å². The number of halogens is 1. The molecule has 0 saturated carbocycles. The largest absolute Gasteiger partial charge is 0.496 e. The molecule has 0 radical (unpaired) electrons. The number of benzene rings is 1. The molecule has 1 aromatic carbocycles. The molecule has 0 aliphatic carbocycles. The summed E-state index contributed by atoms with van der Waals surface area (Å²) in [5.41, 5.74) is 0.835. The average molecular weight is 292 g/mol. The average Bonchev–Trinajstić information content (AvgIpc) is 2.24. The van der Waals surface area contributed by atoms with E-state index >= 15 is 0 Å². The Kier molecular flexibility index (Phi) is 5.44. The lowest BCUT2D eigenvalue weighted by atomic mass is 10.2. The molecule has 1 aromatic rings. The zero-order chi connectivity index (χ0) is 13.8. The molecule has 0 amide bonds. The summed E-state index contributed by atoms with van der Waals surface area (Å²) in [7, 11) is -1.40. The van der Waals surface area contributed by atoms with Crippen molar-refractivity contribution in [1.82, 2.24) is 5.32 Å². The third kappa shape index (κ3) is 4.84. The molecule has 0 aliphatic rings. The van der Waals surface area contributed by atoms with Gasteiger partial charge in [-0.05, 0) is 19.1 Å². The maximum Gasteiger partial charge on any atom is 0.148 e. The Hall–Kier alpha value is -0.780. The molecule has 1 unspecified atom stereocenters. The molecule has 18 heavy (non-hydrogen) atoms. The van der Waals surface area contributed by atoms with E-state index in [1.54, 1.807) is 13.2 Å². The van der Waals surface area contributed by atoms with E-state index < -0.39 is 9.84 Å². The molecule has 6 heteroatoms. The third-order valence-corrected chi connectivity index (χ3v) is 3.94. The van der Waals surface area contributed by atoms with Gasteiger partial charge in [-0.25, -0.2) is 8.42 Å². The molecule has 1 N–H and O–H groups in total. The van der Waals surface area contributed by atoms with Crippen molar-refractivity contribution < 1.29 is 13.2 Å². The third-order valence-electron chi connectivity index (χ3n) is 2.48. The quantitative estimate of drug-likeness (QED) is 0.869. The van der Waals surface area contributed by atoms with Gasteiger partial charge in [0.25, 0.3) is 0 Å². The summed E-state index contributed by atoms with van der Waals surface area (Å²) in [4.78, 5) is 0. The molecule has 0 fully saturated rings. The molecule has 4 nitrogen and oxygen atoms in total. The molecule has 0 bridgehead atoms. The van der Waals surface area contributed by atoms with Gasteiger partial charge in [0.1, 0.15) is 15.6 Å². The number of methoxy groups -OCH3 is 1. The predicted molar refractivity (Wildman–Crippen MR) is 74.0 cm³/mol.